The highest BCUT2D eigenvalue weighted by atomic mass is 32.1. The summed E-state index contributed by atoms with van der Waals surface area (Å²) >= 11 is 1.61. The van der Waals surface area contributed by atoms with Crippen LogP contribution in [-0.4, -0.2) is 43.2 Å². The molecule has 0 aliphatic carbocycles. The van der Waals surface area contributed by atoms with E-state index in [1.54, 1.807) is 35.6 Å². The number of urea groups is 1. The van der Waals surface area contributed by atoms with E-state index in [9.17, 15) is 9.59 Å². The predicted molar refractivity (Wildman–Crippen MR) is 113 cm³/mol. The van der Waals surface area contributed by atoms with Gasteiger partial charge in [0, 0.05) is 30.9 Å². The Labute approximate surface area is 171 Å². The van der Waals surface area contributed by atoms with Crippen molar-refractivity contribution in [3.8, 4) is 0 Å². The van der Waals surface area contributed by atoms with Crippen LogP contribution in [0.2, 0.25) is 0 Å². The topological polar surface area (TPSA) is 110 Å². The molecule has 1 saturated heterocycles. The Hall–Kier alpha value is -3.17. The second-order valence-corrected chi connectivity index (χ2v) is 7.66. The van der Waals surface area contributed by atoms with Crippen LogP contribution in [-0.2, 0) is 11.3 Å². The van der Waals surface area contributed by atoms with E-state index in [4.69, 9.17) is 15.5 Å². The number of nitrogens with two attached hydrogens (primary N) is 1. The van der Waals surface area contributed by atoms with Gasteiger partial charge in [0.15, 0.2) is 5.13 Å². The third-order valence-corrected chi connectivity index (χ3v) is 5.68. The molecule has 0 spiro atoms. The quantitative estimate of drug-likeness (QED) is 0.598. The monoisotopic (exact) mass is 411 g/mol. The van der Waals surface area contributed by atoms with Crippen molar-refractivity contribution in [3.63, 3.8) is 0 Å². The van der Waals surface area contributed by atoms with Crippen LogP contribution in [0.5, 0.6) is 0 Å². The van der Waals surface area contributed by atoms with Crippen LogP contribution in [0.25, 0.3) is 10.2 Å². The lowest BCUT2D eigenvalue weighted by atomic mass is 10.1. The van der Waals surface area contributed by atoms with Crippen LogP contribution < -0.4 is 21.3 Å². The highest BCUT2D eigenvalue weighted by molar-refractivity contribution is 7.22. The predicted octanol–water partition coefficient (Wildman–Crippen LogP) is 2.55. The zero-order valence-corrected chi connectivity index (χ0v) is 16.5. The number of hydrogen-bond acceptors (Lipinski definition) is 6. The molecule has 2 aromatic carbocycles. The fourth-order valence-electron chi connectivity index (χ4n) is 3.05. The smallest absolute Gasteiger partial charge is 0.312 e. The highest BCUT2D eigenvalue weighted by Gasteiger charge is 2.16. The molecule has 0 atom stereocenters. The van der Waals surface area contributed by atoms with Gasteiger partial charge >= 0.3 is 6.03 Å². The first-order valence-electron chi connectivity index (χ1n) is 9.25. The van der Waals surface area contributed by atoms with Crippen molar-refractivity contribution in [2.75, 3.05) is 36.5 Å². The van der Waals surface area contributed by atoms with Crippen LogP contribution in [0.4, 0.5) is 15.6 Å². The average molecular weight is 411 g/mol. The molecular formula is C20H21N5O3S. The van der Waals surface area contributed by atoms with Gasteiger partial charge in [-0.2, -0.15) is 0 Å². The molecule has 1 aliphatic rings. The number of carbonyl (C=O) groups is 2. The first-order chi connectivity index (χ1) is 14.1. The maximum absolute atomic E-state index is 12.5. The number of rotatable bonds is 5. The zero-order chi connectivity index (χ0) is 20.2. The number of nitrogens with zero attached hydrogens (tertiary/aromatic N) is 2. The molecular weight excluding hydrogens is 390 g/mol. The first kappa shape index (κ1) is 19.2. The molecule has 1 fully saturated rings. The molecule has 3 amide bonds. The van der Waals surface area contributed by atoms with Gasteiger partial charge in [-0.3, -0.25) is 4.79 Å². The van der Waals surface area contributed by atoms with Crippen LogP contribution >= 0.6 is 11.3 Å². The lowest BCUT2D eigenvalue weighted by Crippen LogP contribution is -2.36. The summed E-state index contributed by atoms with van der Waals surface area (Å²) in [5, 5.41) is 6.42. The number of nitrogens with one attached hydrogen (secondary N) is 2. The maximum Gasteiger partial charge on any atom is 0.312 e. The first-order valence-corrected chi connectivity index (χ1v) is 10.1. The van der Waals surface area contributed by atoms with Crippen LogP contribution in [0.15, 0.2) is 42.5 Å². The van der Waals surface area contributed by atoms with E-state index in [2.05, 4.69) is 15.5 Å². The molecule has 4 rings (SSSR count). The molecule has 0 unspecified atom stereocenters. The average Bonchev–Trinajstić information content (AvgIpc) is 3.17. The molecule has 1 aliphatic heterocycles. The Bertz CT molecular complexity index is 1030. The van der Waals surface area contributed by atoms with Gasteiger partial charge in [-0.05, 0) is 35.9 Å². The number of aromatic nitrogens is 1. The van der Waals surface area contributed by atoms with Crippen LogP contribution in [0.3, 0.4) is 0 Å². The minimum atomic E-state index is -0.581. The Morgan fingerprint density at radius 1 is 1.14 bits per heavy atom. The van der Waals surface area contributed by atoms with E-state index in [-0.39, 0.29) is 5.91 Å². The summed E-state index contributed by atoms with van der Waals surface area (Å²) in [6.07, 6.45) is 0. The Morgan fingerprint density at radius 3 is 2.62 bits per heavy atom. The summed E-state index contributed by atoms with van der Waals surface area (Å²) < 4.78 is 6.42. The summed E-state index contributed by atoms with van der Waals surface area (Å²) in [6, 6.07) is 12.1. The van der Waals surface area contributed by atoms with Crippen molar-refractivity contribution >= 4 is 44.3 Å². The summed E-state index contributed by atoms with van der Waals surface area (Å²) in [7, 11) is 0. The number of morpholine rings is 1. The maximum atomic E-state index is 12.5. The van der Waals surface area contributed by atoms with E-state index >= 15 is 0 Å². The van der Waals surface area contributed by atoms with Crippen molar-refractivity contribution in [3.05, 3.63) is 53.6 Å². The fourth-order valence-corrected chi connectivity index (χ4v) is 4.10. The Morgan fingerprint density at radius 2 is 1.90 bits per heavy atom. The number of fused-ring (bicyclic) bond motifs is 1. The lowest BCUT2D eigenvalue weighted by molar-refractivity contribution is 0.102. The van der Waals surface area contributed by atoms with E-state index in [0.29, 0.717) is 25.3 Å². The van der Waals surface area contributed by atoms with E-state index in [1.807, 2.05) is 18.2 Å². The summed E-state index contributed by atoms with van der Waals surface area (Å²) in [4.78, 5) is 30.2. The number of amides is 3. The number of benzene rings is 2. The molecule has 4 N–H and O–H groups in total. The number of primary amides is 1. The molecule has 150 valence electrons. The summed E-state index contributed by atoms with van der Waals surface area (Å²) in [5.41, 5.74) is 8.10. The molecule has 3 aromatic rings. The van der Waals surface area contributed by atoms with Gasteiger partial charge in [0.25, 0.3) is 5.91 Å². The SMILES string of the molecule is NC(=O)NCc1ccc(C(=O)Nc2ccc3nc(N4CCOCC4)sc3c2)cc1. The molecule has 0 radical (unpaired) electrons. The van der Waals surface area contributed by atoms with Gasteiger partial charge in [0.05, 0.1) is 23.4 Å². The van der Waals surface area contributed by atoms with Gasteiger partial charge in [-0.25, -0.2) is 9.78 Å². The Balaban J connectivity index is 1.44. The summed E-state index contributed by atoms with van der Waals surface area (Å²) in [6.45, 7) is 3.44. The van der Waals surface area contributed by atoms with Gasteiger partial charge in [0.2, 0.25) is 0 Å². The third-order valence-electron chi connectivity index (χ3n) is 4.60. The third kappa shape index (κ3) is 4.64. The van der Waals surface area contributed by atoms with Gasteiger partial charge in [-0.15, -0.1) is 0 Å². The largest absolute Gasteiger partial charge is 0.378 e. The fraction of sp³-hybridized carbons (Fsp3) is 0.250. The van der Waals surface area contributed by atoms with Crippen molar-refractivity contribution in [1.29, 1.82) is 0 Å². The molecule has 29 heavy (non-hydrogen) atoms. The molecule has 0 saturated carbocycles. The molecule has 0 bridgehead atoms. The standard InChI is InChI=1S/C20H21N5O3S/c21-19(27)22-12-13-1-3-14(4-2-13)18(26)23-15-5-6-16-17(11-15)29-20(24-16)25-7-9-28-10-8-25/h1-6,11H,7-10,12H2,(H,23,26)(H3,21,22,27). The van der Waals surface area contributed by atoms with Crippen molar-refractivity contribution in [1.82, 2.24) is 10.3 Å². The number of hydrogen-bond donors (Lipinski definition) is 3. The Kier molecular flexibility index (Phi) is 5.59. The van der Waals surface area contributed by atoms with Crippen molar-refractivity contribution in [2.45, 2.75) is 6.54 Å². The molecule has 1 aromatic heterocycles. The number of carbonyl (C=O) groups excluding carboxylic acids is 2. The zero-order valence-electron chi connectivity index (χ0n) is 15.7. The van der Waals surface area contributed by atoms with E-state index in [0.717, 1.165) is 39.7 Å². The van der Waals surface area contributed by atoms with Gasteiger partial charge < -0.3 is 26.0 Å². The van der Waals surface area contributed by atoms with Crippen molar-refractivity contribution in [2.24, 2.45) is 5.73 Å². The van der Waals surface area contributed by atoms with Gasteiger partial charge in [-0.1, -0.05) is 23.5 Å². The summed E-state index contributed by atoms with van der Waals surface area (Å²) in [5.74, 6) is -0.198. The van der Waals surface area contributed by atoms with Crippen LogP contribution in [0, 0.1) is 0 Å². The molecule has 2 heterocycles. The normalized spacial score (nSPS) is 14.0. The van der Waals surface area contributed by atoms with E-state index in [1.165, 1.54) is 0 Å². The minimum Gasteiger partial charge on any atom is -0.378 e. The van der Waals surface area contributed by atoms with E-state index < -0.39 is 6.03 Å². The second-order valence-electron chi connectivity index (χ2n) is 6.65. The minimum absolute atomic E-state index is 0.198. The number of thiazole rings is 1. The lowest BCUT2D eigenvalue weighted by Gasteiger charge is -2.25. The van der Waals surface area contributed by atoms with Crippen molar-refractivity contribution < 1.29 is 14.3 Å². The second kappa shape index (κ2) is 8.46. The van der Waals surface area contributed by atoms with Gasteiger partial charge in [0.1, 0.15) is 0 Å². The molecule has 8 nitrogen and oxygen atoms in total. The highest BCUT2D eigenvalue weighted by Crippen LogP contribution is 2.31. The van der Waals surface area contributed by atoms with Crippen LogP contribution in [0.1, 0.15) is 15.9 Å². The molecule has 9 heteroatoms. The number of ether oxygens (including phenoxy) is 1. The number of anilines is 2.